The Hall–Kier alpha value is -0.220. The molecule has 0 radical (unpaired) electrons. The Labute approximate surface area is 120 Å². The molecule has 110 valence electrons. The van der Waals surface area contributed by atoms with Crippen molar-refractivity contribution < 1.29 is 14.3 Å². The molecule has 2 fully saturated rings. The number of carbonyl (C=O) groups is 1. The van der Waals surface area contributed by atoms with Crippen LogP contribution in [0.25, 0.3) is 0 Å². The molecule has 19 heavy (non-hydrogen) atoms. The Balaban J connectivity index is 2.09. The van der Waals surface area contributed by atoms with Crippen molar-refractivity contribution in [3.8, 4) is 0 Å². The van der Waals surface area contributed by atoms with E-state index in [-0.39, 0.29) is 21.8 Å². The molecular formula is C15H26O3S. The third-order valence-corrected chi connectivity index (χ3v) is 5.75. The van der Waals surface area contributed by atoms with Gasteiger partial charge >= 0.3 is 5.97 Å². The molecule has 3 atom stereocenters. The van der Waals surface area contributed by atoms with Crippen LogP contribution in [-0.4, -0.2) is 28.4 Å². The lowest BCUT2D eigenvalue weighted by atomic mass is 9.99. The second kappa shape index (κ2) is 5.65. The molecule has 2 rings (SSSR count). The molecule has 0 amide bonds. The fraction of sp³-hybridized carbons (Fsp3) is 0.933. The number of ether oxygens (including phenoxy) is 2. The van der Waals surface area contributed by atoms with E-state index in [2.05, 4.69) is 20.8 Å². The van der Waals surface area contributed by atoms with E-state index in [1.807, 2.05) is 18.7 Å². The zero-order valence-corrected chi connectivity index (χ0v) is 13.3. The van der Waals surface area contributed by atoms with Crippen molar-refractivity contribution in [3.63, 3.8) is 0 Å². The largest absolute Gasteiger partial charge is 0.466 e. The highest BCUT2D eigenvalue weighted by Crippen LogP contribution is 2.57. The van der Waals surface area contributed by atoms with Crippen LogP contribution < -0.4 is 0 Å². The minimum absolute atomic E-state index is 0.0750. The van der Waals surface area contributed by atoms with Crippen LogP contribution >= 0.6 is 11.8 Å². The van der Waals surface area contributed by atoms with Crippen molar-refractivity contribution >= 4 is 17.7 Å². The quantitative estimate of drug-likeness (QED) is 0.740. The molecule has 3 nitrogen and oxygen atoms in total. The molecule has 0 aromatic carbocycles. The first-order valence-electron chi connectivity index (χ1n) is 7.40. The molecule has 4 heteroatoms. The third-order valence-electron chi connectivity index (χ3n) is 4.05. The van der Waals surface area contributed by atoms with Gasteiger partial charge in [-0.1, -0.05) is 13.8 Å². The molecule has 1 aliphatic heterocycles. The Kier molecular flexibility index (Phi) is 4.51. The fourth-order valence-electron chi connectivity index (χ4n) is 3.59. The Morgan fingerprint density at radius 1 is 1.47 bits per heavy atom. The smallest absolute Gasteiger partial charge is 0.306 e. The van der Waals surface area contributed by atoms with Gasteiger partial charge in [-0.15, -0.1) is 11.8 Å². The Bertz CT molecular complexity index is 342. The van der Waals surface area contributed by atoms with E-state index in [0.29, 0.717) is 18.9 Å². The molecule has 0 unspecified atom stereocenters. The van der Waals surface area contributed by atoms with Crippen LogP contribution in [0, 0.1) is 5.92 Å². The maximum Gasteiger partial charge on any atom is 0.306 e. The van der Waals surface area contributed by atoms with E-state index in [1.54, 1.807) is 0 Å². The van der Waals surface area contributed by atoms with Gasteiger partial charge in [-0.05, 0) is 39.5 Å². The number of rotatable bonds is 3. The molecule has 0 aromatic heterocycles. The molecule has 1 saturated carbocycles. The van der Waals surface area contributed by atoms with E-state index in [0.717, 1.165) is 25.7 Å². The van der Waals surface area contributed by atoms with Gasteiger partial charge < -0.3 is 9.47 Å². The first kappa shape index (κ1) is 15.2. The van der Waals surface area contributed by atoms with Gasteiger partial charge in [-0.25, -0.2) is 0 Å². The summed E-state index contributed by atoms with van der Waals surface area (Å²) in [5.41, 5.74) is 0. The zero-order valence-electron chi connectivity index (χ0n) is 12.5. The highest BCUT2D eigenvalue weighted by molar-refractivity contribution is 8.01. The zero-order chi connectivity index (χ0) is 14.1. The average Bonchev–Trinajstić information content (AvgIpc) is 2.57. The first-order valence-corrected chi connectivity index (χ1v) is 8.22. The predicted molar refractivity (Wildman–Crippen MR) is 78.2 cm³/mol. The summed E-state index contributed by atoms with van der Waals surface area (Å²) in [7, 11) is 0. The summed E-state index contributed by atoms with van der Waals surface area (Å²) in [6.07, 6.45) is 5.15. The standard InChI is InChI=1S/C15H26O3S/c1-5-17-13(16)9-12-7-6-8-15(12)18-11(2)10-14(3,4)19-15/h11-12H,5-10H2,1-4H3/t11-,12-,15-/m1/s1. The van der Waals surface area contributed by atoms with Crippen LogP contribution in [0.3, 0.4) is 0 Å². The van der Waals surface area contributed by atoms with Gasteiger partial charge in [-0.3, -0.25) is 4.79 Å². The molecule has 1 heterocycles. The number of thioether (sulfide) groups is 1. The summed E-state index contributed by atoms with van der Waals surface area (Å²) in [6, 6.07) is 0. The summed E-state index contributed by atoms with van der Waals surface area (Å²) in [6.45, 7) is 9.06. The first-order chi connectivity index (χ1) is 8.87. The highest BCUT2D eigenvalue weighted by atomic mass is 32.2. The van der Waals surface area contributed by atoms with Gasteiger partial charge in [0.15, 0.2) is 0 Å². The lowest BCUT2D eigenvalue weighted by Crippen LogP contribution is -2.47. The summed E-state index contributed by atoms with van der Waals surface area (Å²) < 4.78 is 11.7. The van der Waals surface area contributed by atoms with Crippen LogP contribution in [-0.2, 0) is 14.3 Å². The fourth-order valence-corrected chi connectivity index (χ4v) is 5.67. The number of hydrogen-bond donors (Lipinski definition) is 0. The van der Waals surface area contributed by atoms with E-state index >= 15 is 0 Å². The Morgan fingerprint density at radius 2 is 2.21 bits per heavy atom. The van der Waals surface area contributed by atoms with Gasteiger partial charge in [0.05, 0.1) is 19.1 Å². The topological polar surface area (TPSA) is 35.5 Å². The van der Waals surface area contributed by atoms with Crippen molar-refractivity contribution in [2.24, 2.45) is 5.92 Å². The maximum atomic E-state index is 11.8. The third kappa shape index (κ3) is 3.46. The van der Waals surface area contributed by atoms with E-state index in [4.69, 9.17) is 9.47 Å². The molecule has 0 bridgehead atoms. The van der Waals surface area contributed by atoms with Gasteiger partial charge in [0.2, 0.25) is 0 Å². The lowest BCUT2D eigenvalue weighted by Gasteiger charge is -2.48. The molecular weight excluding hydrogens is 260 g/mol. The summed E-state index contributed by atoms with van der Waals surface area (Å²) >= 11 is 1.94. The van der Waals surface area contributed by atoms with Crippen molar-refractivity contribution in [1.82, 2.24) is 0 Å². The molecule has 0 N–H and O–H groups in total. The normalized spacial score (nSPS) is 37.5. The molecule has 0 aromatic rings. The lowest BCUT2D eigenvalue weighted by molar-refractivity contribution is -0.147. The van der Waals surface area contributed by atoms with E-state index in [1.165, 1.54) is 0 Å². The van der Waals surface area contributed by atoms with Gasteiger partial charge in [0.25, 0.3) is 0 Å². The second-order valence-corrected chi connectivity index (χ2v) is 8.40. The maximum absolute atomic E-state index is 11.8. The monoisotopic (exact) mass is 286 g/mol. The SMILES string of the molecule is CCOC(=O)C[C@H]1CCC[C@]12O[C@H](C)CC(C)(C)S2. The average molecular weight is 286 g/mol. The van der Waals surface area contributed by atoms with Crippen molar-refractivity contribution in [2.75, 3.05) is 6.61 Å². The van der Waals surface area contributed by atoms with E-state index in [9.17, 15) is 4.79 Å². The molecule has 1 spiro atoms. The number of carbonyl (C=O) groups excluding carboxylic acids is 1. The molecule has 1 aliphatic carbocycles. The Morgan fingerprint density at radius 3 is 2.84 bits per heavy atom. The van der Waals surface area contributed by atoms with Crippen LogP contribution in [0.2, 0.25) is 0 Å². The van der Waals surface area contributed by atoms with Crippen LogP contribution in [0.5, 0.6) is 0 Å². The summed E-state index contributed by atoms with van der Waals surface area (Å²) in [4.78, 5) is 11.6. The summed E-state index contributed by atoms with van der Waals surface area (Å²) in [5, 5.41) is 0. The number of hydrogen-bond acceptors (Lipinski definition) is 4. The minimum Gasteiger partial charge on any atom is -0.466 e. The predicted octanol–water partition coefficient (Wildman–Crippen LogP) is 3.76. The highest BCUT2D eigenvalue weighted by Gasteiger charge is 2.52. The van der Waals surface area contributed by atoms with E-state index < -0.39 is 0 Å². The van der Waals surface area contributed by atoms with Crippen molar-refractivity contribution in [2.45, 2.75) is 75.6 Å². The van der Waals surface area contributed by atoms with Crippen LogP contribution in [0.1, 0.15) is 59.8 Å². The van der Waals surface area contributed by atoms with Crippen LogP contribution in [0.4, 0.5) is 0 Å². The van der Waals surface area contributed by atoms with Gasteiger partial charge in [-0.2, -0.15) is 0 Å². The van der Waals surface area contributed by atoms with Crippen LogP contribution in [0.15, 0.2) is 0 Å². The van der Waals surface area contributed by atoms with Gasteiger partial charge in [0, 0.05) is 10.7 Å². The second-order valence-electron chi connectivity index (χ2n) is 6.40. The minimum atomic E-state index is -0.159. The van der Waals surface area contributed by atoms with Crippen molar-refractivity contribution in [3.05, 3.63) is 0 Å². The van der Waals surface area contributed by atoms with Gasteiger partial charge in [0.1, 0.15) is 4.93 Å². The molecule has 1 saturated heterocycles. The summed E-state index contributed by atoms with van der Waals surface area (Å²) in [5.74, 6) is 0.229. The van der Waals surface area contributed by atoms with Crippen molar-refractivity contribution in [1.29, 1.82) is 0 Å². The number of esters is 1. The molecule has 2 aliphatic rings.